The number of nitrogens with zero attached hydrogens (tertiary/aromatic N) is 2. The number of amides is 1. The molecule has 31 heavy (non-hydrogen) atoms. The van der Waals surface area contributed by atoms with Crippen LogP contribution in [-0.2, 0) is 24.3 Å². The molecule has 1 atom stereocenters. The third kappa shape index (κ3) is 5.66. The average Bonchev–Trinajstić information content (AvgIpc) is 3.02. The molecule has 0 aliphatic carbocycles. The molecule has 2 aliphatic heterocycles. The van der Waals surface area contributed by atoms with E-state index in [4.69, 9.17) is 4.74 Å². The lowest BCUT2D eigenvalue weighted by Gasteiger charge is -2.31. The van der Waals surface area contributed by atoms with Crippen molar-refractivity contribution in [3.05, 3.63) is 29.3 Å². The van der Waals surface area contributed by atoms with Gasteiger partial charge in [0.15, 0.2) is 6.10 Å². The standard InChI is InChI=1S/C23H34N2O5S/c1-17-8-9-21(18(2)16-17)31(28,29)25-14-10-20(11-15-25)23(27)30-19(3)22(26)24-12-6-4-5-7-13-24/h8-9,16,19-20H,4-7,10-15H2,1-3H3. The Balaban J connectivity index is 1.55. The van der Waals surface area contributed by atoms with E-state index >= 15 is 0 Å². The van der Waals surface area contributed by atoms with Gasteiger partial charge >= 0.3 is 5.97 Å². The predicted octanol–water partition coefficient (Wildman–Crippen LogP) is 3.04. The van der Waals surface area contributed by atoms with E-state index in [0.29, 0.717) is 17.7 Å². The summed E-state index contributed by atoms with van der Waals surface area (Å²) in [6.45, 7) is 7.33. The van der Waals surface area contributed by atoms with E-state index in [-0.39, 0.29) is 24.9 Å². The number of likely N-dealkylation sites (tertiary alicyclic amines) is 1. The van der Waals surface area contributed by atoms with Crippen LogP contribution in [0.4, 0.5) is 0 Å². The van der Waals surface area contributed by atoms with E-state index in [1.807, 2.05) is 13.0 Å². The van der Waals surface area contributed by atoms with Gasteiger partial charge in [-0.05, 0) is 58.1 Å². The number of hydrogen-bond donors (Lipinski definition) is 0. The van der Waals surface area contributed by atoms with Crippen molar-refractivity contribution in [2.45, 2.75) is 70.3 Å². The minimum atomic E-state index is -3.59. The van der Waals surface area contributed by atoms with Crippen LogP contribution in [0.25, 0.3) is 0 Å². The first-order valence-corrected chi connectivity index (χ1v) is 12.7. The fourth-order valence-corrected chi connectivity index (χ4v) is 6.10. The van der Waals surface area contributed by atoms with Gasteiger partial charge < -0.3 is 9.64 Å². The van der Waals surface area contributed by atoms with E-state index in [1.54, 1.807) is 30.9 Å². The zero-order valence-electron chi connectivity index (χ0n) is 18.8. The molecule has 2 heterocycles. The maximum Gasteiger partial charge on any atom is 0.309 e. The first-order valence-electron chi connectivity index (χ1n) is 11.3. The summed E-state index contributed by atoms with van der Waals surface area (Å²) in [6, 6.07) is 5.31. The minimum absolute atomic E-state index is 0.134. The molecule has 0 radical (unpaired) electrons. The molecule has 1 aromatic carbocycles. The van der Waals surface area contributed by atoms with E-state index in [1.165, 1.54) is 4.31 Å². The third-order valence-electron chi connectivity index (χ3n) is 6.29. The van der Waals surface area contributed by atoms with Crippen molar-refractivity contribution >= 4 is 21.9 Å². The third-order valence-corrected chi connectivity index (χ3v) is 8.35. The Morgan fingerprint density at radius 2 is 1.61 bits per heavy atom. The van der Waals surface area contributed by atoms with Crippen molar-refractivity contribution < 1.29 is 22.7 Å². The highest BCUT2D eigenvalue weighted by atomic mass is 32.2. The zero-order valence-corrected chi connectivity index (χ0v) is 19.6. The molecule has 2 saturated heterocycles. The van der Waals surface area contributed by atoms with Gasteiger partial charge in [0.05, 0.1) is 10.8 Å². The lowest BCUT2D eigenvalue weighted by Crippen LogP contribution is -2.43. The van der Waals surface area contributed by atoms with Gasteiger partial charge in [0.25, 0.3) is 5.91 Å². The monoisotopic (exact) mass is 450 g/mol. The zero-order chi connectivity index (χ0) is 22.6. The minimum Gasteiger partial charge on any atom is -0.452 e. The second kappa shape index (κ2) is 10.1. The Hall–Kier alpha value is -1.93. The number of carbonyl (C=O) groups is 2. The summed E-state index contributed by atoms with van der Waals surface area (Å²) in [7, 11) is -3.59. The number of esters is 1. The van der Waals surface area contributed by atoms with Crippen LogP contribution in [0, 0.1) is 19.8 Å². The number of aryl methyl sites for hydroxylation is 2. The van der Waals surface area contributed by atoms with Crippen LogP contribution in [0.5, 0.6) is 0 Å². The number of ether oxygens (including phenoxy) is 1. The summed E-state index contributed by atoms with van der Waals surface area (Å²) in [4.78, 5) is 27.4. The Morgan fingerprint density at radius 3 is 2.19 bits per heavy atom. The van der Waals surface area contributed by atoms with Crippen molar-refractivity contribution in [1.29, 1.82) is 0 Å². The summed E-state index contributed by atoms with van der Waals surface area (Å²) in [5, 5.41) is 0. The largest absolute Gasteiger partial charge is 0.452 e. The molecule has 0 aromatic heterocycles. The lowest BCUT2D eigenvalue weighted by atomic mass is 9.98. The molecule has 3 rings (SSSR count). The summed E-state index contributed by atoms with van der Waals surface area (Å²) in [5.41, 5.74) is 1.74. The van der Waals surface area contributed by atoms with Crippen molar-refractivity contribution in [3.8, 4) is 0 Å². The van der Waals surface area contributed by atoms with Gasteiger partial charge in [-0.15, -0.1) is 0 Å². The Morgan fingerprint density at radius 1 is 1.00 bits per heavy atom. The number of carbonyl (C=O) groups excluding carboxylic acids is 2. The molecule has 2 aliphatic rings. The van der Waals surface area contributed by atoms with Crippen molar-refractivity contribution in [1.82, 2.24) is 9.21 Å². The van der Waals surface area contributed by atoms with E-state index in [2.05, 4.69) is 0 Å². The molecule has 7 nitrogen and oxygen atoms in total. The lowest BCUT2D eigenvalue weighted by molar-refractivity contribution is -0.163. The Bertz CT molecular complexity index is 899. The number of hydrogen-bond acceptors (Lipinski definition) is 5. The first-order chi connectivity index (χ1) is 14.7. The number of benzene rings is 1. The van der Waals surface area contributed by atoms with Crippen LogP contribution in [-0.4, -0.2) is 61.8 Å². The summed E-state index contributed by atoms with van der Waals surface area (Å²) >= 11 is 0. The van der Waals surface area contributed by atoms with Crippen molar-refractivity contribution in [2.75, 3.05) is 26.2 Å². The van der Waals surface area contributed by atoms with E-state index in [0.717, 1.165) is 49.9 Å². The number of piperidine rings is 1. The van der Waals surface area contributed by atoms with Gasteiger partial charge in [-0.3, -0.25) is 9.59 Å². The highest BCUT2D eigenvalue weighted by Crippen LogP contribution is 2.27. The van der Waals surface area contributed by atoms with Gasteiger partial charge in [-0.2, -0.15) is 4.31 Å². The molecule has 0 spiro atoms. The van der Waals surface area contributed by atoms with Crippen LogP contribution in [0.15, 0.2) is 23.1 Å². The van der Waals surface area contributed by atoms with Gasteiger partial charge in [-0.25, -0.2) is 8.42 Å². The van der Waals surface area contributed by atoms with Crippen LogP contribution >= 0.6 is 0 Å². The molecule has 1 unspecified atom stereocenters. The summed E-state index contributed by atoms with van der Waals surface area (Å²) in [5.74, 6) is -0.922. The first kappa shape index (κ1) is 23.7. The smallest absolute Gasteiger partial charge is 0.309 e. The van der Waals surface area contributed by atoms with Crippen molar-refractivity contribution in [2.24, 2.45) is 5.92 Å². The molecular weight excluding hydrogens is 416 g/mol. The van der Waals surface area contributed by atoms with Crippen LogP contribution in [0.2, 0.25) is 0 Å². The van der Waals surface area contributed by atoms with Crippen molar-refractivity contribution in [3.63, 3.8) is 0 Å². The van der Waals surface area contributed by atoms with Crippen LogP contribution < -0.4 is 0 Å². The number of sulfonamides is 1. The van der Waals surface area contributed by atoms with E-state index in [9.17, 15) is 18.0 Å². The normalized spacial score (nSPS) is 20.2. The Labute approximate surface area is 185 Å². The van der Waals surface area contributed by atoms with E-state index < -0.39 is 22.1 Å². The second-order valence-electron chi connectivity index (χ2n) is 8.77. The number of rotatable bonds is 5. The average molecular weight is 451 g/mol. The molecule has 172 valence electrons. The van der Waals surface area contributed by atoms with Crippen LogP contribution in [0.3, 0.4) is 0 Å². The highest BCUT2D eigenvalue weighted by Gasteiger charge is 2.35. The SMILES string of the molecule is Cc1ccc(S(=O)(=O)N2CCC(C(=O)OC(C)C(=O)N3CCCCCC3)CC2)c(C)c1. The molecule has 2 fully saturated rings. The molecule has 0 N–H and O–H groups in total. The fourth-order valence-electron chi connectivity index (χ4n) is 4.43. The molecule has 0 saturated carbocycles. The highest BCUT2D eigenvalue weighted by molar-refractivity contribution is 7.89. The second-order valence-corrected chi connectivity index (χ2v) is 10.7. The van der Waals surface area contributed by atoms with Gasteiger partial charge in [0, 0.05) is 26.2 Å². The molecule has 8 heteroatoms. The molecule has 1 amide bonds. The fraction of sp³-hybridized carbons (Fsp3) is 0.652. The van der Waals surface area contributed by atoms with Gasteiger partial charge in [-0.1, -0.05) is 30.5 Å². The Kier molecular flexibility index (Phi) is 7.75. The molecular formula is C23H34N2O5S. The quantitative estimate of drug-likeness (QED) is 0.644. The topological polar surface area (TPSA) is 84.0 Å². The van der Waals surface area contributed by atoms with Gasteiger partial charge in [0.1, 0.15) is 0 Å². The summed E-state index contributed by atoms with van der Waals surface area (Å²) < 4.78 is 33.0. The van der Waals surface area contributed by atoms with Crippen LogP contribution in [0.1, 0.15) is 56.6 Å². The predicted molar refractivity (Wildman–Crippen MR) is 118 cm³/mol. The maximum atomic E-state index is 13.0. The molecule has 0 bridgehead atoms. The molecule has 1 aromatic rings. The van der Waals surface area contributed by atoms with Gasteiger partial charge in [0.2, 0.25) is 10.0 Å². The summed E-state index contributed by atoms with van der Waals surface area (Å²) in [6.07, 6.45) is 4.21. The maximum absolute atomic E-state index is 13.0.